The molecule has 1 aromatic carbocycles. The van der Waals surface area contributed by atoms with Gasteiger partial charge in [0.05, 0.1) is 16.1 Å². The molecular formula is C8H4Cl2O3. The molecule has 0 amide bonds. The van der Waals surface area contributed by atoms with Gasteiger partial charge >= 0.3 is 5.97 Å². The fourth-order valence-corrected chi connectivity index (χ4v) is 1.29. The molecule has 0 spiro atoms. The quantitative estimate of drug-likeness (QED) is 0.777. The molecule has 0 aromatic heterocycles. The third-order valence-electron chi connectivity index (χ3n) is 1.43. The van der Waals surface area contributed by atoms with E-state index in [1.54, 1.807) is 0 Å². The van der Waals surface area contributed by atoms with Gasteiger partial charge in [-0.15, -0.1) is 0 Å². The van der Waals surface area contributed by atoms with Gasteiger partial charge in [0.15, 0.2) is 0 Å². The van der Waals surface area contributed by atoms with Crippen LogP contribution in [-0.4, -0.2) is 16.3 Å². The van der Waals surface area contributed by atoms with E-state index in [-0.39, 0.29) is 16.1 Å². The third kappa shape index (κ3) is 2.20. The molecule has 0 heterocycles. The number of carboxylic acid groups (broad SMARTS) is 1. The lowest BCUT2D eigenvalue weighted by Crippen LogP contribution is -1.98. The van der Waals surface area contributed by atoms with Crippen molar-refractivity contribution < 1.29 is 14.7 Å². The minimum atomic E-state index is -1.10. The Kier molecular flexibility index (Phi) is 2.90. The van der Waals surface area contributed by atoms with Gasteiger partial charge in [-0.25, -0.2) is 4.79 Å². The highest BCUT2D eigenvalue weighted by atomic mass is 35.5. The molecule has 5 heteroatoms. The van der Waals surface area contributed by atoms with Gasteiger partial charge in [0.1, 0.15) is 0 Å². The molecule has 0 aliphatic carbocycles. The first kappa shape index (κ1) is 10.0. The summed E-state index contributed by atoms with van der Waals surface area (Å²) in [6, 6.07) is 3.73. The number of rotatable bonds is 2. The van der Waals surface area contributed by atoms with E-state index in [2.05, 4.69) is 0 Å². The molecule has 0 atom stereocenters. The monoisotopic (exact) mass is 218 g/mol. The normalized spacial score (nSPS) is 9.69. The van der Waals surface area contributed by atoms with Crippen LogP contribution >= 0.6 is 23.2 Å². The number of aromatic carboxylic acids is 1. The summed E-state index contributed by atoms with van der Waals surface area (Å²) in [5, 5.41) is 7.90. The van der Waals surface area contributed by atoms with E-state index in [1.807, 2.05) is 0 Å². The van der Waals surface area contributed by atoms with Crippen LogP contribution in [0.4, 0.5) is 0 Å². The Morgan fingerprint density at radius 2 is 1.92 bits per heavy atom. The molecule has 0 fully saturated rings. The Hall–Kier alpha value is -1.06. The maximum atomic E-state index is 10.7. The van der Waals surface area contributed by atoms with E-state index in [0.717, 1.165) is 0 Å². The number of carbonyl (C=O) groups is 2. The maximum Gasteiger partial charge on any atom is 0.335 e. The van der Waals surface area contributed by atoms with Crippen molar-refractivity contribution in [2.75, 3.05) is 0 Å². The highest BCUT2D eigenvalue weighted by molar-refractivity contribution is 6.68. The van der Waals surface area contributed by atoms with Crippen molar-refractivity contribution in [3.8, 4) is 0 Å². The number of hydrogen-bond donors (Lipinski definition) is 1. The zero-order valence-corrected chi connectivity index (χ0v) is 7.76. The standard InChI is InChI=1S/C8H4Cl2O3/c9-6-3-4(8(12)13)1-2-5(6)7(10)11/h1-3H,(H,12,13). The fraction of sp³-hybridized carbons (Fsp3) is 0. The number of carboxylic acids is 1. The van der Waals surface area contributed by atoms with Crippen LogP contribution in [0.3, 0.4) is 0 Å². The minimum absolute atomic E-state index is 0.0201. The molecule has 0 aliphatic heterocycles. The molecule has 0 radical (unpaired) electrons. The second kappa shape index (κ2) is 3.77. The van der Waals surface area contributed by atoms with E-state index in [9.17, 15) is 9.59 Å². The lowest BCUT2D eigenvalue weighted by molar-refractivity contribution is 0.0696. The number of halogens is 2. The highest BCUT2D eigenvalue weighted by Crippen LogP contribution is 2.19. The number of carbonyl (C=O) groups excluding carboxylic acids is 1. The summed E-state index contributed by atoms with van der Waals surface area (Å²) in [6.45, 7) is 0. The van der Waals surface area contributed by atoms with Crippen LogP contribution in [0.2, 0.25) is 5.02 Å². The lowest BCUT2D eigenvalue weighted by atomic mass is 10.1. The van der Waals surface area contributed by atoms with Crippen molar-refractivity contribution in [2.24, 2.45) is 0 Å². The van der Waals surface area contributed by atoms with Gasteiger partial charge in [-0.05, 0) is 29.8 Å². The van der Waals surface area contributed by atoms with E-state index in [0.29, 0.717) is 0 Å². The van der Waals surface area contributed by atoms with Crippen LogP contribution in [-0.2, 0) is 0 Å². The summed E-state index contributed by atoms with van der Waals surface area (Å²) < 4.78 is 0. The van der Waals surface area contributed by atoms with Crippen LogP contribution in [0.25, 0.3) is 0 Å². The molecule has 0 bridgehead atoms. The predicted octanol–water partition coefficient (Wildman–Crippen LogP) is 2.42. The van der Waals surface area contributed by atoms with Gasteiger partial charge in [-0.2, -0.15) is 0 Å². The third-order valence-corrected chi connectivity index (χ3v) is 1.94. The van der Waals surface area contributed by atoms with Gasteiger partial charge in [0.2, 0.25) is 0 Å². The molecule has 1 aromatic rings. The summed E-state index contributed by atoms with van der Waals surface area (Å²) in [5.41, 5.74) is 0.125. The van der Waals surface area contributed by atoms with Crippen molar-refractivity contribution >= 4 is 34.4 Å². The summed E-state index contributed by atoms with van der Waals surface area (Å²) in [5.74, 6) is -1.10. The summed E-state index contributed by atoms with van der Waals surface area (Å²) in [4.78, 5) is 21.1. The van der Waals surface area contributed by atoms with Gasteiger partial charge in [0, 0.05) is 0 Å². The fourth-order valence-electron chi connectivity index (χ4n) is 0.808. The average molecular weight is 219 g/mol. The average Bonchev–Trinajstić information content (AvgIpc) is 2.03. The summed E-state index contributed by atoms with van der Waals surface area (Å²) in [7, 11) is 0. The van der Waals surface area contributed by atoms with E-state index in [1.165, 1.54) is 18.2 Å². The second-order valence-electron chi connectivity index (χ2n) is 2.27. The van der Waals surface area contributed by atoms with Crippen LogP contribution in [0.15, 0.2) is 18.2 Å². The predicted molar refractivity (Wildman–Crippen MR) is 48.6 cm³/mol. The largest absolute Gasteiger partial charge is 0.478 e. The maximum absolute atomic E-state index is 10.7. The van der Waals surface area contributed by atoms with E-state index in [4.69, 9.17) is 28.3 Å². The lowest BCUT2D eigenvalue weighted by Gasteiger charge is -1.99. The molecule has 13 heavy (non-hydrogen) atoms. The molecule has 0 saturated heterocycles. The van der Waals surface area contributed by atoms with Gasteiger partial charge in [0.25, 0.3) is 5.24 Å². The molecule has 3 nitrogen and oxygen atoms in total. The molecular weight excluding hydrogens is 215 g/mol. The van der Waals surface area contributed by atoms with Crippen molar-refractivity contribution in [1.82, 2.24) is 0 Å². The molecule has 0 saturated carbocycles. The second-order valence-corrected chi connectivity index (χ2v) is 3.02. The topological polar surface area (TPSA) is 54.4 Å². The van der Waals surface area contributed by atoms with Crippen molar-refractivity contribution in [2.45, 2.75) is 0 Å². The van der Waals surface area contributed by atoms with Crippen LogP contribution in [0.5, 0.6) is 0 Å². The zero-order chi connectivity index (χ0) is 10.0. The smallest absolute Gasteiger partial charge is 0.335 e. The summed E-state index contributed by atoms with van der Waals surface area (Å²) >= 11 is 10.8. The number of hydrogen-bond acceptors (Lipinski definition) is 2. The first-order valence-corrected chi connectivity index (χ1v) is 4.00. The minimum Gasteiger partial charge on any atom is -0.478 e. The highest BCUT2D eigenvalue weighted by Gasteiger charge is 2.10. The Labute approximate surface area is 83.9 Å². The van der Waals surface area contributed by atoms with Crippen molar-refractivity contribution in [1.29, 1.82) is 0 Å². The molecule has 0 unspecified atom stereocenters. The van der Waals surface area contributed by atoms with E-state index < -0.39 is 11.2 Å². The first-order valence-electron chi connectivity index (χ1n) is 3.25. The van der Waals surface area contributed by atoms with Gasteiger partial charge in [-0.1, -0.05) is 11.6 Å². The number of benzene rings is 1. The Bertz CT molecular complexity index is 374. The molecule has 68 valence electrons. The van der Waals surface area contributed by atoms with Crippen molar-refractivity contribution in [3.63, 3.8) is 0 Å². The van der Waals surface area contributed by atoms with Crippen LogP contribution in [0, 0.1) is 0 Å². The molecule has 0 aliphatic rings. The van der Waals surface area contributed by atoms with Gasteiger partial charge in [-0.3, -0.25) is 4.79 Å². The Morgan fingerprint density at radius 3 is 2.31 bits per heavy atom. The summed E-state index contributed by atoms with van der Waals surface area (Å²) in [6.07, 6.45) is 0. The Balaban J connectivity index is 3.20. The van der Waals surface area contributed by atoms with Gasteiger partial charge < -0.3 is 5.11 Å². The first-order chi connectivity index (χ1) is 6.02. The molecule has 1 rings (SSSR count). The SMILES string of the molecule is O=C(O)c1ccc(C(=O)Cl)c(Cl)c1. The Morgan fingerprint density at radius 1 is 1.31 bits per heavy atom. The molecule has 1 N–H and O–H groups in total. The van der Waals surface area contributed by atoms with Crippen LogP contribution in [0.1, 0.15) is 20.7 Å². The van der Waals surface area contributed by atoms with Crippen molar-refractivity contribution in [3.05, 3.63) is 34.3 Å². The van der Waals surface area contributed by atoms with Crippen LogP contribution < -0.4 is 0 Å². The zero-order valence-electron chi connectivity index (χ0n) is 6.25. The van der Waals surface area contributed by atoms with E-state index >= 15 is 0 Å².